The third-order valence-electron chi connectivity index (χ3n) is 5.57. The topological polar surface area (TPSA) is 143 Å². The average Bonchev–Trinajstić information content (AvgIpc) is 3.44. The Balaban J connectivity index is 1.30. The van der Waals surface area contributed by atoms with Crippen molar-refractivity contribution in [3.63, 3.8) is 0 Å². The van der Waals surface area contributed by atoms with Gasteiger partial charge in [0.2, 0.25) is 5.13 Å². The summed E-state index contributed by atoms with van der Waals surface area (Å²) in [5.41, 5.74) is 1.83. The van der Waals surface area contributed by atoms with Crippen molar-refractivity contribution in [3.8, 4) is 0 Å². The summed E-state index contributed by atoms with van der Waals surface area (Å²) in [7, 11) is 0. The van der Waals surface area contributed by atoms with Crippen LogP contribution in [-0.2, 0) is 11.2 Å². The number of aliphatic carboxylic acids is 1. The smallest absolute Gasteiger partial charge is 0.322 e. The Morgan fingerprint density at radius 2 is 1.91 bits per heavy atom. The lowest BCUT2D eigenvalue weighted by Crippen LogP contribution is -2.16. The number of nitrogens with one attached hydrogen (secondary N) is 2. The van der Waals surface area contributed by atoms with Crippen LogP contribution in [0.5, 0.6) is 0 Å². The number of carbonyl (C=O) groups is 2. The van der Waals surface area contributed by atoms with Crippen molar-refractivity contribution in [2.24, 2.45) is 5.92 Å². The molecule has 1 amide bonds. The van der Waals surface area contributed by atoms with Gasteiger partial charge in [0, 0.05) is 30.1 Å². The minimum Gasteiger partial charge on any atom is -0.481 e. The van der Waals surface area contributed by atoms with Crippen molar-refractivity contribution in [2.45, 2.75) is 51.4 Å². The molecule has 10 nitrogen and oxygen atoms in total. The molecule has 3 aromatic rings. The summed E-state index contributed by atoms with van der Waals surface area (Å²) in [6.45, 7) is 1.96. The van der Waals surface area contributed by atoms with Crippen LogP contribution in [0, 0.1) is 5.92 Å². The van der Waals surface area contributed by atoms with Crippen molar-refractivity contribution >= 4 is 40.2 Å². The van der Waals surface area contributed by atoms with E-state index in [4.69, 9.17) is 9.52 Å². The third-order valence-corrected chi connectivity index (χ3v) is 6.24. The lowest BCUT2D eigenvalue weighted by Gasteiger charge is -2.28. The van der Waals surface area contributed by atoms with Crippen LogP contribution < -0.4 is 10.6 Å². The minimum atomic E-state index is -0.719. The maximum absolute atomic E-state index is 12.4. The van der Waals surface area contributed by atoms with Gasteiger partial charge in [-0.2, -0.15) is 4.37 Å². The number of anilines is 3. The zero-order chi connectivity index (χ0) is 22.5. The van der Waals surface area contributed by atoms with E-state index in [-0.39, 0.29) is 24.2 Å². The van der Waals surface area contributed by atoms with Crippen LogP contribution in [0.2, 0.25) is 0 Å². The van der Waals surface area contributed by atoms with E-state index in [1.54, 1.807) is 0 Å². The first-order valence-corrected chi connectivity index (χ1v) is 11.3. The molecule has 0 radical (unpaired) electrons. The summed E-state index contributed by atoms with van der Waals surface area (Å²) in [5, 5.41) is 22.7. The fourth-order valence-corrected chi connectivity index (χ4v) is 4.52. The Bertz CT molecular complexity index is 1070. The van der Waals surface area contributed by atoms with E-state index in [2.05, 4.69) is 30.2 Å². The van der Waals surface area contributed by atoms with Gasteiger partial charge < -0.3 is 14.8 Å². The number of amides is 1. The largest absolute Gasteiger partial charge is 0.481 e. The van der Waals surface area contributed by atoms with Crippen LogP contribution in [0.3, 0.4) is 0 Å². The molecule has 2 aromatic heterocycles. The monoisotopic (exact) mass is 456 g/mol. The molecule has 4 rings (SSSR count). The molecule has 1 fully saturated rings. The number of hydrogen-bond donors (Lipinski definition) is 3. The van der Waals surface area contributed by atoms with E-state index in [0.29, 0.717) is 22.6 Å². The van der Waals surface area contributed by atoms with Gasteiger partial charge in [-0.3, -0.25) is 14.9 Å². The second kappa shape index (κ2) is 9.86. The van der Waals surface area contributed by atoms with Crippen molar-refractivity contribution < 1.29 is 19.1 Å². The summed E-state index contributed by atoms with van der Waals surface area (Å²) < 4.78 is 9.53. The second-order valence-corrected chi connectivity index (χ2v) is 8.55. The minimum absolute atomic E-state index is 0.0720. The summed E-state index contributed by atoms with van der Waals surface area (Å²) in [6, 6.07) is 7.76. The summed E-state index contributed by atoms with van der Waals surface area (Å²) in [4.78, 5) is 27.6. The highest BCUT2D eigenvalue weighted by Crippen LogP contribution is 2.37. The number of carboxylic acids is 1. The van der Waals surface area contributed by atoms with Gasteiger partial charge in [-0.15, -0.1) is 5.10 Å². The molecule has 0 bridgehead atoms. The van der Waals surface area contributed by atoms with E-state index in [0.717, 1.165) is 32.1 Å². The Morgan fingerprint density at radius 3 is 2.56 bits per heavy atom. The first-order valence-electron chi connectivity index (χ1n) is 10.6. The maximum Gasteiger partial charge on any atom is 0.322 e. The van der Waals surface area contributed by atoms with E-state index in [1.165, 1.54) is 17.1 Å². The first-order chi connectivity index (χ1) is 15.5. The second-order valence-electron chi connectivity index (χ2n) is 7.80. The van der Waals surface area contributed by atoms with Gasteiger partial charge in [0.25, 0.3) is 0 Å². The molecule has 1 aliphatic rings. The van der Waals surface area contributed by atoms with Gasteiger partial charge in [0.15, 0.2) is 0 Å². The number of benzene rings is 1. The van der Waals surface area contributed by atoms with E-state index in [9.17, 15) is 9.59 Å². The number of aryl methyl sites for hydroxylation is 1. The van der Waals surface area contributed by atoms with Crippen LogP contribution in [0.4, 0.5) is 16.8 Å². The number of nitrogens with zero attached hydrogens (tertiary/aromatic N) is 4. The zero-order valence-corrected chi connectivity index (χ0v) is 18.4. The van der Waals surface area contributed by atoms with E-state index in [1.807, 2.05) is 31.2 Å². The average molecular weight is 457 g/mol. The highest BCUT2D eigenvalue weighted by atomic mass is 32.1. The predicted molar refractivity (Wildman–Crippen MR) is 118 cm³/mol. The number of aromatic nitrogens is 4. The molecule has 1 saturated carbocycles. The van der Waals surface area contributed by atoms with E-state index >= 15 is 0 Å². The highest BCUT2D eigenvalue weighted by Gasteiger charge is 2.24. The van der Waals surface area contributed by atoms with Gasteiger partial charge in [-0.25, -0.2) is 4.98 Å². The molecule has 1 aromatic carbocycles. The van der Waals surface area contributed by atoms with Gasteiger partial charge >= 0.3 is 23.8 Å². The van der Waals surface area contributed by atoms with Crippen molar-refractivity contribution in [1.82, 2.24) is 19.6 Å². The molecule has 0 spiro atoms. The fourth-order valence-electron chi connectivity index (χ4n) is 3.88. The van der Waals surface area contributed by atoms with Crippen LogP contribution >= 0.6 is 11.5 Å². The predicted octanol–water partition coefficient (Wildman–Crippen LogP) is 4.23. The molecule has 11 heteroatoms. The zero-order valence-electron chi connectivity index (χ0n) is 17.6. The third kappa shape index (κ3) is 5.47. The molecule has 0 saturated heterocycles. The maximum atomic E-state index is 12.4. The number of hydrogen-bond acceptors (Lipinski definition) is 9. The van der Waals surface area contributed by atoms with Crippen molar-refractivity contribution in [2.75, 3.05) is 10.6 Å². The SMILES string of the molecule is CCc1nsc(Nc2nnc(C(=O)Nc3ccc(C4CCC(CC(=O)O)CC4)cc3)o2)n1. The number of carboxylic acid groups (broad SMARTS) is 1. The molecule has 0 atom stereocenters. The summed E-state index contributed by atoms with van der Waals surface area (Å²) >= 11 is 1.18. The lowest BCUT2D eigenvalue weighted by atomic mass is 9.77. The number of rotatable bonds is 8. The summed E-state index contributed by atoms with van der Waals surface area (Å²) in [6.07, 6.45) is 4.80. The molecule has 1 aliphatic carbocycles. The Morgan fingerprint density at radius 1 is 1.16 bits per heavy atom. The van der Waals surface area contributed by atoms with Crippen molar-refractivity contribution in [3.05, 3.63) is 41.5 Å². The molecule has 32 heavy (non-hydrogen) atoms. The Hall–Kier alpha value is -3.34. The van der Waals surface area contributed by atoms with Gasteiger partial charge in [-0.05, 0) is 55.2 Å². The van der Waals surface area contributed by atoms with Crippen LogP contribution in [-0.4, -0.2) is 36.5 Å². The molecule has 0 aliphatic heterocycles. The normalized spacial score (nSPS) is 18.3. The Labute approximate surface area is 188 Å². The molecule has 3 N–H and O–H groups in total. The quantitative estimate of drug-likeness (QED) is 0.453. The van der Waals surface area contributed by atoms with Gasteiger partial charge in [0.05, 0.1) is 0 Å². The van der Waals surface area contributed by atoms with Crippen LogP contribution in [0.25, 0.3) is 0 Å². The molecular weight excluding hydrogens is 432 g/mol. The van der Waals surface area contributed by atoms with E-state index < -0.39 is 11.9 Å². The highest BCUT2D eigenvalue weighted by molar-refractivity contribution is 7.09. The number of carbonyl (C=O) groups excluding carboxylic acids is 1. The fraction of sp³-hybridized carbons (Fsp3) is 0.429. The molecular formula is C21H24N6O4S. The van der Waals surface area contributed by atoms with Crippen LogP contribution in [0.1, 0.15) is 67.0 Å². The molecule has 168 valence electrons. The Kier molecular flexibility index (Phi) is 6.74. The molecule has 2 heterocycles. The van der Waals surface area contributed by atoms with Gasteiger partial charge in [-0.1, -0.05) is 24.2 Å². The summed E-state index contributed by atoms with van der Waals surface area (Å²) in [5.74, 6) is 0.0300. The van der Waals surface area contributed by atoms with Crippen molar-refractivity contribution in [1.29, 1.82) is 0 Å². The van der Waals surface area contributed by atoms with Gasteiger partial charge in [0.1, 0.15) is 5.82 Å². The molecule has 0 unspecified atom stereocenters. The lowest BCUT2D eigenvalue weighted by molar-refractivity contribution is -0.138. The van der Waals surface area contributed by atoms with Crippen LogP contribution in [0.15, 0.2) is 28.7 Å². The first kappa shape index (κ1) is 21.9. The standard InChI is InChI=1S/C21H24N6O4S/c1-2-16-23-21(32-27-16)24-20-26-25-19(31-20)18(30)22-15-9-7-14(8-10-15)13-5-3-12(4-6-13)11-17(28)29/h7-10,12-13H,2-6,11H2,1H3,(H,22,30)(H,28,29)(H,23,24,26,27).